The third-order valence-electron chi connectivity index (χ3n) is 6.90. The van der Waals surface area contributed by atoms with Gasteiger partial charge in [0.1, 0.15) is 0 Å². The highest BCUT2D eigenvalue weighted by Gasteiger charge is 2.35. The number of benzene rings is 1. The number of carbonyl (C=O) groups is 1. The molecule has 3 fully saturated rings. The van der Waals surface area contributed by atoms with Crippen molar-refractivity contribution >= 4 is 29.3 Å². The number of ether oxygens (including phenoxy) is 2. The van der Waals surface area contributed by atoms with Crippen LogP contribution in [-0.4, -0.2) is 77.1 Å². The van der Waals surface area contributed by atoms with Crippen molar-refractivity contribution in [1.29, 1.82) is 0 Å². The predicted molar refractivity (Wildman–Crippen MR) is 140 cm³/mol. The van der Waals surface area contributed by atoms with Crippen LogP contribution in [0.1, 0.15) is 19.8 Å². The van der Waals surface area contributed by atoms with Crippen molar-refractivity contribution in [2.24, 2.45) is 0 Å². The number of pyridine rings is 1. The van der Waals surface area contributed by atoms with Crippen molar-refractivity contribution in [2.75, 3.05) is 53.3 Å². The fourth-order valence-corrected chi connectivity index (χ4v) is 4.99. The number of nitrogens with zero attached hydrogens (tertiary/aromatic N) is 6. The van der Waals surface area contributed by atoms with Crippen molar-refractivity contribution < 1.29 is 14.3 Å². The van der Waals surface area contributed by atoms with Crippen molar-refractivity contribution in [3.05, 3.63) is 48.8 Å². The first-order valence-corrected chi connectivity index (χ1v) is 12.7. The average Bonchev–Trinajstić information content (AvgIpc) is 3.26. The average molecular weight is 503 g/mol. The van der Waals surface area contributed by atoms with Gasteiger partial charge in [0.25, 0.3) is 0 Å². The first kappa shape index (κ1) is 23.6. The number of carbonyl (C=O) groups excluding carboxylic acids is 1. The molecule has 3 aromatic rings. The van der Waals surface area contributed by atoms with Crippen molar-refractivity contribution in [2.45, 2.75) is 38.0 Å². The normalized spacial score (nSPS) is 23.1. The lowest BCUT2D eigenvalue weighted by molar-refractivity contribution is 0.0299. The number of anilines is 4. The van der Waals surface area contributed by atoms with Gasteiger partial charge in [0, 0.05) is 49.0 Å². The van der Waals surface area contributed by atoms with E-state index in [4.69, 9.17) is 24.4 Å². The molecular weight excluding hydrogens is 472 g/mol. The Labute approximate surface area is 215 Å². The number of amides is 2. The quantitative estimate of drug-likeness (QED) is 0.542. The Hall–Kier alpha value is -3.83. The van der Waals surface area contributed by atoms with Gasteiger partial charge in [0.15, 0.2) is 5.82 Å². The van der Waals surface area contributed by atoms with E-state index in [0.29, 0.717) is 42.3 Å². The summed E-state index contributed by atoms with van der Waals surface area (Å²) >= 11 is 0. The van der Waals surface area contributed by atoms with Gasteiger partial charge in [-0.3, -0.25) is 4.98 Å². The van der Waals surface area contributed by atoms with Gasteiger partial charge in [-0.2, -0.15) is 15.0 Å². The molecule has 6 rings (SSSR count). The minimum Gasteiger partial charge on any atom is -0.377 e. The number of aromatic nitrogens is 4. The Morgan fingerprint density at radius 1 is 0.919 bits per heavy atom. The second-order valence-corrected chi connectivity index (χ2v) is 9.63. The third kappa shape index (κ3) is 5.32. The van der Waals surface area contributed by atoms with Crippen LogP contribution >= 0.6 is 0 Å². The van der Waals surface area contributed by atoms with Crippen LogP contribution in [0.5, 0.6) is 0 Å². The van der Waals surface area contributed by atoms with Crippen LogP contribution < -0.4 is 20.4 Å². The molecule has 3 aliphatic heterocycles. The summed E-state index contributed by atoms with van der Waals surface area (Å²) < 4.78 is 11.7. The van der Waals surface area contributed by atoms with Crippen molar-refractivity contribution in [1.82, 2.24) is 19.9 Å². The summed E-state index contributed by atoms with van der Waals surface area (Å²) in [7, 11) is 0. The molecule has 0 saturated carbocycles. The summed E-state index contributed by atoms with van der Waals surface area (Å²) in [6, 6.07) is 10.8. The molecule has 0 spiro atoms. The summed E-state index contributed by atoms with van der Waals surface area (Å²) in [4.78, 5) is 35.4. The number of nitrogens with one attached hydrogen (secondary N) is 2. The molecule has 37 heavy (non-hydrogen) atoms. The van der Waals surface area contributed by atoms with Gasteiger partial charge in [-0.1, -0.05) is 0 Å². The van der Waals surface area contributed by atoms with Gasteiger partial charge in [-0.25, -0.2) is 4.79 Å². The van der Waals surface area contributed by atoms with Crippen molar-refractivity contribution in [3.8, 4) is 11.4 Å². The maximum absolute atomic E-state index is 12.4. The molecule has 0 radical (unpaired) electrons. The number of urea groups is 1. The molecule has 2 N–H and O–H groups in total. The van der Waals surface area contributed by atoms with Gasteiger partial charge in [0.2, 0.25) is 11.9 Å². The zero-order chi connectivity index (χ0) is 25.2. The van der Waals surface area contributed by atoms with Crippen LogP contribution in [0.4, 0.5) is 28.1 Å². The highest BCUT2D eigenvalue weighted by Crippen LogP contribution is 2.30. The molecule has 11 heteroatoms. The highest BCUT2D eigenvalue weighted by molar-refractivity contribution is 5.99. The largest absolute Gasteiger partial charge is 0.377 e. The van der Waals surface area contributed by atoms with E-state index in [0.717, 1.165) is 38.0 Å². The monoisotopic (exact) mass is 502 g/mol. The lowest BCUT2D eigenvalue weighted by atomic mass is 10.2. The van der Waals surface area contributed by atoms with E-state index in [1.807, 2.05) is 24.3 Å². The second-order valence-electron chi connectivity index (χ2n) is 9.63. The molecule has 3 aliphatic rings. The Kier molecular flexibility index (Phi) is 6.54. The third-order valence-corrected chi connectivity index (χ3v) is 6.90. The molecule has 1 aromatic carbocycles. The molecule has 3 atom stereocenters. The topological polar surface area (TPSA) is 118 Å². The van der Waals surface area contributed by atoms with Crippen LogP contribution in [0.15, 0.2) is 48.8 Å². The molecule has 2 bridgehead atoms. The number of hydrogen-bond acceptors (Lipinski definition) is 9. The van der Waals surface area contributed by atoms with Crippen LogP contribution in [0.25, 0.3) is 11.4 Å². The summed E-state index contributed by atoms with van der Waals surface area (Å²) in [5.41, 5.74) is 2.18. The lowest BCUT2D eigenvalue weighted by Gasteiger charge is -2.35. The van der Waals surface area contributed by atoms with E-state index in [2.05, 4.69) is 32.3 Å². The maximum Gasteiger partial charge on any atom is 0.323 e. The molecule has 11 nitrogen and oxygen atoms in total. The van der Waals surface area contributed by atoms with E-state index in [9.17, 15) is 4.79 Å². The molecule has 2 aromatic heterocycles. The van der Waals surface area contributed by atoms with Gasteiger partial charge in [-0.05, 0) is 56.2 Å². The fourth-order valence-electron chi connectivity index (χ4n) is 4.99. The molecule has 192 valence electrons. The highest BCUT2D eigenvalue weighted by atomic mass is 16.5. The van der Waals surface area contributed by atoms with Crippen LogP contribution in [-0.2, 0) is 9.47 Å². The van der Waals surface area contributed by atoms with E-state index in [1.54, 1.807) is 24.5 Å². The van der Waals surface area contributed by atoms with Gasteiger partial charge in [-0.15, -0.1) is 0 Å². The maximum atomic E-state index is 12.4. The van der Waals surface area contributed by atoms with Crippen LogP contribution in [0, 0.1) is 0 Å². The van der Waals surface area contributed by atoms with Crippen LogP contribution in [0.2, 0.25) is 0 Å². The summed E-state index contributed by atoms with van der Waals surface area (Å²) in [5, 5.41) is 5.64. The summed E-state index contributed by atoms with van der Waals surface area (Å²) in [6.07, 6.45) is 5.87. The first-order chi connectivity index (χ1) is 18.1. The van der Waals surface area contributed by atoms with Gasteiger partial charge >= 0.3 is 6.03 Å². The number of rotatable bonds is 5. The minimum absolute atomic E-state index is 0.170. The Bertz CT molecular complexity index is 1230. The zero-order valence-electron chi connectivity index (χ0n) is 20.7. The smallest absolute Gasteiger partial charge is 0.323 e. The van der Waals surface area contributed by atoms with E-state index < -0.39 is 0 Å². The zero-order valence-corrected chi connectivity index (χ0v) is 20.7. The van der Waals surface area contributed by atoms with Crippen LogP contribution in [0.3, 0.4) is 0 Å². The summed E-state index contributed by atoms with van der Waals surface area (Å²) in [5.74, 6) is 1.94. The molecule has 2 amide bonds. The van der Waals surface area contributed by atoms with E-state index in [1.165, 1.54) is 0 Å². The predicted octanol–water partition coefficient (Wildman–Crippen LogP) is 3.17. The summed E-state index contributed by atoms with van der Waals surface area (Å²) in [6.45, 7) is 5.70. The van der Waals surface area contributed by atoms with Gasteiger partial charge in [0.05, 0.1) is 31.5 Å². The first-order valence-electron chi connectivity index (χ1n) is 12.7. The fraction of sp³-hybridized carbons (Fsp3) is 0.423. The van der Waals surface area contributed by atoms with E-state index in [-0.39, 0.29) is 24.3 Å². The Morgan fingerprint density at radius 3 is 2.30 bits per heavy atom. The van der Waals surface area contributed by atoms with Crippen molar-refractivity contribution in [3.63, 3.8) is 0 Å². The standard InChI is InChI=1S/C26H30N8O3/c1-17-16-36-13-12-34(17)25-31-23(30-24(32-25)33-14-21-6-7-22(15-33)37-21)18-2-4-19(5-3-18)28-26(35)29-20-8-10-27-11-9-20/h2-5,8-11,17,21-22H,6-7,12-16H2,1H3,(H2,27,28,29,35)/t17-,21?,22?/m0/s1. The number of hydrogen-bond donors (Lipinski definition) is 2. The number of morpholine rings is 2. The molecule has 0 aliphatic carbocycles. The van der Waals surface area contributed by atoms with Gasteiger partial charge < -0.3 is 29.9 Å². The second kappa shape index (κ2) is 10.3. The van der Waals surface area contributed by atoms with E-state index >= 15 is 0 Å². The Balaban J connectivity index is 1.25. The molecule has 2 unspecified atom stereocenters. The Morgan fingerprint density at radius 2 is 1.59 bits per heavy atom. The number of fused-ring (bicyclic) bond motifs is 2. The molecule has 3 saturated heterocycles. The molecule has 5 heterocycles. The lowest BCUT2D eigenvalue weighted by Crippen LogP contribution is -2.46. The molecular formula is C26H30N8O3. The minimum atomic E-state index is -0.327. The SMILES string of the molecule is C[C@H]1COCCN1c1nc(-c2ccc(NC(=O)Nc3ccncc3)cc2)nc(N2CC3CCC(C2)O3)n1.